The summed E-state index contributed by atoms with van der Waals surface area (Å²) in [5.41, 5.74) is -0.283. The maximum Gasteiger partial charge on any atom is 0.326 e. The van der Waals surface area contributed by atoms with Crippen LogP contribution in [0.25, 0.3) is 0 Å². The SMILES string of the molecule is CCOC(=O)CN(c1cccc(F)c1)S(=O)(=O)c1cc([N+](=O)[O-])ccc1C. The van der Waals surface area contributed by atoms with Crippen LogP contribution in [0.15, 0.2) is 47.4 Å². The molecule has 144 valence electrons. The zero-order chi connectivity index (χ0) is 20.2. The molecule has 0 N–H and O–H groups in total. The second-order valence-corrected chi connectivity index (χ2v) is 7.33. The summed E-state index contributed by atoms with van der Waals surface area (Å²) >= 11 is 0. The van der Waals surface area contributed by atoms with Crippen LogP contribution in [0.5, 0.6) is 0 Å². The van der Waals surface area contributed by atoms with Crippen molar-refractivity contribution in [2.75, 3.05) is 17.5 Å². The third-order valence-electron chi connectivity index (χ3n) is 3.62. The van der Waals surface area contributed by atoms with Crippen molar-refractivity contribution in [3.8, 4) is 0 Å². The molecule has 0 amide bonds. The van der Waals surface area contributed by atoms with E-state index < -0.39 is 39.0 Å². The minimum atomic E-state index is -4.41. The van der Waals surface area contributed by atoms with Crippen LogP contribution in [0.4, 0.5) is 15.8 Å². The molecule has 0 aromatic heterocycles. The minimum Gasteiger partial charge on any atom is -0.465 e. The molecule has 0 aliphatic heterocycles. The number of aryl methyl sites for hydroxylation is 1. The van der Waals surface area contributed by atoms with Crippen LogP contribution in [-0.4, -0.2) is 32.5 Å². The van der Waals surface area contributed by atoms with Crippen molar-refractivity contribution in [3.05, 3.63) is 64.0 Å². The van der Waals surface area contributed by atoms with Crippen LogP contribution in [0, 0.1) is 22.9 Å². The zero-order valence-corrected chi connectivity index (χ0v) is 15.4. The summed E-state index contributed by atoms with van der Waals surface area (Å²) in [5.74, 6) is -1.54. The molecule has 0 fully saturated rings. The van der Waals surface area contributed by atoms with Crippen molar-refractivity contribution in [3.63, 3.8) is 0 Å². The fourth-order valence-corrected chi connectivity index (χ4v) is 4.02. The van der Waals surface area contributed by atoms with Gasteiger partial charge in [0.25, 0.3) is 15.7 Å². The molecule has 0 saturated carbocycles. The summed E-state index contributed by atoms with van der Waals surface area (Å²) in [6.07, 6.45) is 0. The number of carbonyl (C=O) groups is 1. The topological polar surface area (TPSA) is 107 Å². The van der Waals surface area contributed by atoms with Gasteiger partial charge in [-0.15, -0.1) is 0 Å². The summed E-state index contributed by atoms with van der Waals surface area (Å²) < 4.78 is 45.4. The molecule has 0 spiro atoms. The first-order valence-electron chi connectivity index (χ1n) is 7.85. The maximum atomic E-state index is 13.6. The van der Waals surface area contributed by atoms with E-state index in [1.54, 1.807) is 6.92 Å². The van der Waals surface area contributed by atoms with Gasteiger partial charge in [0.1, 0.15) is 12.4 Å². The van der Waals surface area contributed by atoms with Gasteiger partial charge in [0.15, 0.2) is 0 Å². The molecule has 0 bridgehead atoms. The van der Waals surface area contributed by atoms with Gasteiger partial charge in [0.05, 0.1) is 22.1 Å². The Labute approximate surface area is 155 Å². The predicted octanol–water partition coefficient (Wildman–Crippen LogP) is 2.80. The van der Waals surface area contributed by atoms with Crippen LogP contribution in [0.1, 0.15) is 12.5 Å². The van der Waals surface area contributed by atoms with Crippen molar-refractivity contribution < 1.29 is 27.3 Å². The Hall–Kier alpha value is -3.01. The Balaban J connectivity index is 2.61. The van der Waals surface area contributed by atoms with Crippen molar-refractivity contribution >= 4 is 27.4 Å². The molecule has 0 unspecified atom stereocenters. The number of nitro groups is 1. The van der Waals surface area contributed by atoms with E-state index in [1.807, 2.05) is 0 Å². The molecular formula is C17H17FN2O6S. The number of non-ortho nitro benzene ring substituents is 1. The third-order valence-corrected chi connectivity index (χ3v) is 5.54. The van der Waals surface area contributed by atoms with Crippen LogP contribution in [-0.2, 0) is 19.6 Å². The Morgan fingerprint density at radius 1 is 1.26 bits per heavy atom. The van der Waals surface area contributed by atoms with Gasteiger partial charge in [-0.2, -0.15) is 0 Å². The van der Waals surface area contributed by atoms with Crippen LogP contribution in [0.2, 0.25) is 0 Å². The first-order chi connectivity index (χ1) is 12.7. The van der Waals surface area contributed by atoms with Gasteiger partial charge >= 0.3 is 5.97 Å². The highest BCUT2D eigenvalue weighted by molar-refractivity contribution is 7.93. The Morgan fingerprint density at radius 3 is 2.56 bits per heavy atom. The molecule has 2 aromatic carbocycles. The average Bonchev–Trinajstić information content (AvgIpc) is 2.59. The molecule has 10 heteroatoms. The van der Waals surface area contributed by atoms with E-state index in [2.05, 4.69) is 0 Å². The second kappa shape index (κ2) is 8.12. The number of sulfonamides is 1. The lowest BCUT2D eigenvalue weighted by Crippen LogP contribution is -2.37. The van der Waals surface area contributed by atoms with Gasteiger partial charge in [0.2, 0.25) is 0 Å². The van der Waals surface area contributed by atoms with Crippen molar-refractivity contribution in [2.24, 2.45) is 0 Å². The van der Waals surface area contributed by atoms with Crippen LogP contribution >= 0.6 is 0 Å². The monoisotopic (exact) mass is 396 g/mol. The molecule has 2 aromatic rings. The van der Waals surface area contributed by atoms with Gasteiger partial charge in [-0.3, -0.25) is 19.2 Å². The van der Waals surface area contributed by atoms with E-state index in [1.165, 1.54) is 31.2 Å². The number of carbonyl (C=O) groups excluding carboxylic acids is 1. The zero-order valence-electron chi connectivity index (χ0n) is 14.6. The summed E-state index contributed by atoms with van der Waals surface area (Å²) in [6.45, 7) is 2.35. The number of anilines is 1. The summed E-state index contributed by atoms with van der Waals surface area (Å²) in [4.78, 5) is 21.8. The number of nitro benzene ring substituents is 1. The van der Waals surface area contributed by atoms with Gasteiger partial charge in [-0.1, -0.05) is 12.1 Å². The number of hydrogen-bond acceptors (Lipinski definition) is 6. The predicted molar refractivity (Wildman–Crippen MR) is 95.4 cm³/mol. The minimum absolute atomic E-state index is 0.0334. The van der Waals surface area contributed by atoms with Crippen molar-refractivity contribution in [1.82, 2.24) is 0 Å². The average molecular weight is 396 g/mol. The Kier molecular flexibility index (Phi) is 6.11. The number of esters is 1. The van der Waals surface area contributed by atoms with Gasteiger partial charge in [-0.25, -0.2) is 12.8 Å². The summed E-state index contributed by atoms with van der Waals surface area (Å²) in [5, 5.41) is 11.0. The standard InChI is InChI=1S/C17H17FN2O6S/c1-3-26-17(21)11-19(14-6-4-5-13(18)9-14)27(24,25)16-10-15(20(22)23)8-7-12(16)2/h4-10H,3,11H2,1-2H3. The fourth-order valence-electron chi connectivity index (χ4n) is 2.37. The highest BCUT2D eigenvalue weighted by atomic mass is 32.2. The molecule has 0 atom stereocenters. The van der Waals surface area contributed by atoms with Gasteiger partial charge in [-0.05, 0) is 37.6 Å². The van der Waals surface area contributed by atoms with E-state index in [-0.39, 0.29) is 22.8 Å². The van der Waals surface area contributed by atoms with E-state index in [4.69, 9.17) is 4.74 Å². The number of ether oxygens (including phenoxy) is 1. The first kappa shape index (κ1) is 20.3. The van der Waals surface area contributed by atoms with Crippen LogP contribution < -0.4 is 4.31 Å². The van der Waals surface area contributed by atoms with Crippen LogP contribution in [0.3, 0.4) is 0 Å². The Morgan fingerprint density at radius 2 is 1.96 bits per heavy atom. The second-order valence-electron chi connectivity index (χ2n) is 5.50. The molecule has 2 rings (SSSR count). The molecule has 0 aliphatic carbocycles. The lowest BCUT2D eigenvalue weighted by atomic mass is 10.2. The van der Waals surface area contributed by atoms with Crippen molar-refractivity contribution in [1.29, 1.82) is 0 Å². The van der Waals surface area contributed by atoms with Gasteiger partial charge < -0.3 is 4.74 Å². The summed E-state index contributed by atoms with van der Waals surface area (Å²) in [6, 6.07) is 8.04. The number of hydrogen-bond donors (Lipinski definition) is 0. The molecule has 0 saturated heterocycles. The fraction of sp³-hybridized carbons (Fsp3) is 0.235. The highest BCUT2D eigenvalue weighted by Crippen LogP contribution is 2.28. The highest BCUT2D eigenvalue weighted by Gasteiger charge is 2.30. The largest absolute Gasteiger partial charge is 0.465 e. The molecule has 27 heavy (non-hydrogen) atoms. The molecule has 0 aliphatic rings. The Bertz CT molecular complexity index is 977. The number of nitrogens with zero attached hydrogens (tertiary/aromatic N) is 2. The van der Waals surface area contributed by atoms with E-state index in [0.717, 1.165) is 18.2 Å². The summed E-state index contributed by atoms with van der Waals surface area (Å²) in [7, 11) is -4.41. The molecular weight excluding hydrogens is 379 g/mol. The smallest absolute Gasteiger partial charge is 0.326 e. The van der Waals surface area contributed by atoms with Gasteiger partial charge in [0, 0.05) is 12.1 Å². The number of benzene rings is 2. The molecule has 0 heterocycles. The number of rotatable bonds is 7. The maximum absolute atomic E-state index is 13.6. The lowest BCUT2D eigenvalue weighted by molar-refractivity contribution is -0.385. The van der Waals surface area contributed by atoms with Crippen molar-refractivity contribution in [2.45, 2.75) is 18.7 Å². The molecule has 0 radical (unpaired) electrons. The van der Waals surface area contributed by atoms with E-state index in [9.17, 15) is 27.7 Å². The third kappa shape index (κ3) is 4.59. The molecule has 8 nitrogen and oxygen atoms in total. The lowest BCUT2D eigenvalue weighted by Gasteiger charge is -2.24. The van der Waals surface area contributed by atoms with E-state index >= 15 is 0 Å². The number of halogens is 1. The van der Waals surface area contributed by atoms with E-state index in [0.29, 0.717) is 4.31 Å². The quantitative estimate of drug-likeness (QED) is 0.405. The normalized spacial score (nSPS) is 11.1. The first-order valence-corrected chi connectivity index (χ1v) is 9.29.